The normalized spacial score (nSPS) is 12.2. The largest absolute Gasteiger partial charge is 0.378 e. The van der Waals surface area contributed by atoms with Gasteiger partial charge in [-0.25, -0.2) is 0 Å². The van der Waals surface area contributed by atoms with E-state index >= 15 is 0 Å². The lowest BCUT2D eigenvalue weighted by Gasteiger charge is -2.12. The molecular formula is C26H44O3. The van der Waals surface area contributed by atoms with Crippen molar-refractivity contribution in [1.29, 1.82) is 0 Å². The van der Waals surface area contributed by atoms with Gasteiger partial charge in [0.05, 0.1) is 13.2 Å². The van der Waals surface area contributed by atoms with Gasteiger partial charge in [0.25, 0.3) is 0 Å². The van der Waals surface area contributed by atoms with Crippen LogP contribution in [0.4, 0.5) is 0 Å². The molecule has 1 atom stereocenters. The van der Waals surface area contributed by atoms with Crippen LogP contribution in [0.2, 0.25) is 0 Å². The van der Waals surface area contributed by atoms with Crippen molar-refractivity contribution in [2.24, 2.45) is 0 Å². The minimum absolute atomic E-state index is 0.356. The van der Waals surface area contributed by atoms with E-state index in [2.05, 4.69) is 6.92 Å². The number of rotatable bonds is 21. The van der Waals surface area contributed by atoms with Crippen LogP contribution in [-0.4, -0.2) is 25.6 Å². The highest BCUT2D eigenvalue weighted by Crippen LogP contribution is 2.13. The highest BCUT2D eigenvalue weighted by Gasteiger charge is 2.08. The summed E-state index contributed by atoms with van der Waals surface area (Å²) < 4.78 is 11.2. The number of hydrogen-bond acceptors (Lipinski definition) is 3. The molecule has 0 N–H and O–H groups in total. The fraction of sp³-hybridized carbons (Fsp3) is 0.731. The molecule has 0 aliphatic carbocycles. The Morgan fingerprint density at radius 2 is 1.28 bits per heavy atom. The highest BCUT2D eigenvalue weighted by atomic mass is 16.5. The SMILES string of the molecule is CCCCCCCCCCCCCCCCOC[C@H](C=O)OCc1ccccc1. The van der Waals surface area contributed by atoms with Crippen LogP contribution in [0.25, 0.3) is 0 Å². The van der Waals surface area contributed by atoms with Crippen LogP contribution in [0.3, 0.4) is 0 Å². The Labute approximate surface area is 179 Å². The van der Waals surface area contributed by atoms with E-state index < -0.39 is 6.10 Å². The molecule has 0 saturated carbocycles. The van der Waals surface area contributed by atoms with Crippen molar-refractivity contribution in [2.45, 2.75) is 110 Å². The van der Waals surface area contributed by atoms with Crippen molar-refractivity contribution in [3.05, 3.63) is 35.9 Å². The van der Waals surface area contributed by atoms with E-state index in [1.54, 1.807) is 0 Å². The number of aldehydes is 1. The van der Waals surface area contributed by atoms with E-state index in [9.17, 15) is 4.79 Å². The number of carbonyl (C=O) groups is 1. The third-order valence-electron chi connectivity index (χ3n) is 5.38. The van der Waals surface area contributed by atoms with E-state index in [-0.39, 0.29) is 0 Å². The van der Waals surface area contributed by atoms with Gasteiger partial charge in [0, 0.05) is 6.61 Å². The average molecular weight is 405 g/mol. The molecule has 0 heterocycles. The Morgan fingerprint density at radius 1 is 0.759 bits per heavy atom. The molecule has 166 valence electrons. The second-order valence-electron chi connectivity index (χ2n) is 8.14. The first-order valence-corrected chi connectivity index (χ1v) is 12.1. The molecular weight excluding hydrogens is 360 g/mol. The van der Waals surface area contributed by atoms with E-state index in [4.69, 9.17) is 9.47 Å². The number of hydrogen-bond donors (Lipinski definition) is 0. The molecule has 0 spiro atoms. The molecule has 0 radical (unpaired) electrons. The van der Waals surface area contributed by atoms with Crippen LogP contribution in [-0.2, 0) is 20.9 Å². The molecule has 1 aromatic carbocycles. The monoisotopic (exact) mass is 404 g/mol. The first kappa shape index (κ1) is 25.8. The Hall–Kier alpha value is -1.19. The summed E-state index contributed by atoms with van der Waals surface area (Å²) in [6.45, 7) is 3.80. The summed E-state index contributed by atoms with van der Waals surface area (Å²) in [4.78, 5) is 11.1. The van der Waals surface area contributed by atoms with Crippen LogP contribution in [0, 0.1) is 0 Å². The number of carbonyl (C=O) groups excluding carboxylic acids is 1. The zero-order valence-corrected chi connectivity index (χ0v) is 18.8. The van der Waals surface area contributed by atoms with E-state index in [0.29, 0.717) is 13.2 Å². The maximum absolute atomic E-state index is 11.1. The van der Waals surface area contributed by atoms with Gasteiger partial charge in [-0.3, -0.25) is 0 Å². The lowest BCUT2D eigenvalue weighted by Crippen LogP contribution is -2.21. The van der Waals surface area contributed by atoms with Gasteiger partial charge in [-0.1, -0.05) is 121 Å². The Balaban J connectivity index is 1.81. The molecule has 1 rings (SSSR count). The summed E-state index contributed by atoms with van der Waals surface area (Å²) in [6.07, 6.45) is 19.4. The van der Waals surface area contributed by atoms with E-state index in [1.165, 1.54) is 83.5 Å². The second-order valence-corrected chi connectivity index (χ2v) is 8.14. The van der Waals surface area contributed by atoms with Crippen molar-refractivity contribution < 1.29 is 14.3 Å². The molecule has 0 aromatic heterocycles. The van der Waals surface area contributed by atoms with Gasteiger partial charge >= 0.3 is 0 Å². The highest BCUT2D eigenvalue weighted by molar-refractivity contribution is 5.56. The Bertz CT molecular complexity index is 460. The maximum atomic E-state index is 11.1. The van der Waals surface area contributed by atoms with Crippen molar-refractivity contribution in [3.8, 4) is 0 Å². The van der Waals surface area contributed by atoms with Crippen molar-refractivity contribution in [3.63, 3.8) is 0 Å². The first-order chi connectivity index (χ1) is 14.4. The standard InChI is InChI=1S/C26H44O3/c1-2-3-4-5-6-7-8-9-10-11-12-13-14-18-21-28-24-26(22-27)29-23-25-19-16-15-17-20-25/h15-17,19-20,22,26H,2-14,18,21,23-24H2,1H3/t26-/m0/s1. The van der Waals surface area contributed by atoms with Crippen molar-refractivity contribution in [1.82, 2.24) is 0 Å². The van der Waals surface area contributed by atoms with Gasteiger partial charge in [0.15, 0.2) is 6.29 Å². The molecule has 0 aliphatic rings. The summed E-state index contributed by atoms with van der Waals surface area (Å²) in [6, 6.07) is 9.91. The van der Waals surface area contributed by atoms with Crippen LogP contribution in [0.1, 0.15) is 102 Å². The summed E-state index contributed by atoms with van der Waals surface area (Å²) in [5, 5.41) is 0. The average Bonchev–Trinajstić information content (AvgIpc) is 2.76. The zero-order chi connectivity index (χ0) is 20.8. The third-order valence-corrected chi connectivity index (χ3v) is 5.38. The fourth-order valence-electron chi connectivity index (χ4n) is 3.50. The number of benzene rings is 1. The second kappa shape index (κ2) is 20.1. The van der Waals surface area contributed by atoms with Crippen LogP contribution in [0.5, 0.6) is 0 Å². The number of unbranched alkanes of at least 4 members (excludes halogenated alkanes) is 13. The minimum Gasteiger partial charge on any atom is -0.378 e. The fourth-order valence-corrected chi connectivity index (χ4v) is 3.50. The maximum Gasteiger partial charge on any atom is 0.151 e. The predicted octanol–water partition coefficient (Wildman–Crippen LogP) is 7.27. The molecule has 0 saturated heterocycles. The van der Waals surface area contributed by atoms with Gasteiger partial charge in [-0.05, 0) is 12.0 Å². The van der Waals surface area contributed by atoms with Crippen molar-refractivity contribution in [2.75, 3.05) is 13.2 Å². The quantitative estimate of drug-likeness (QED) is 0.160. The Morgan fingerprint density at radius 3 is 1.79 bits per heavy atom. The molecule has 3 nitrogen and oxygen atoms in total. The van der Waals surface area contributed by atoms with Crippen LogP contribution >= 0.6 is 0 Å². The summed E-state index contributed by atoms with van der Waals surface area (Å²) in [5.74, 6) is 0. The summed E-state index contributed by atoms with van der Waals surface area (Å²) in [5.41, 5.74) is 1.08. The molecule has 1 aromatic rings. The molecule has 0 bridgehead atoms. The molecule has 0 unspecified atom stereocenters. The molecule has 0 fully saturated rings. The van der Waals surface area contributed by atoms with Crippen LogP contribution in [0.15, 0.2) is 30.3 Å². The summed E-state index contributed by atoms with van der Waals surface area (Å²) >= 11 is 0. The third kappa shape index (κ3) is 16.3. The minimum atomic E-state index is -0.471. The Kier molecular flexibility index (Phi) is 17.9. The molecule has 3 heteroatoms. The first-order valence-electron chi connectivity index (χ1n) is 12.1. The number of ether oxygens (including phenoxy) is 2. The van der Waals surface area contributed by atoms with Crippen LogP contribution < -0.4 is 0 Å². The lowest BCUT2D eigenvalue weighted by molar-refractivity contribution is -0.123. The van der Waals surface area contributed by atoms with E-state index in [0.717, 1.165) is 24.9 Å². The summed E-state index contributed by atoms with van der Waals surface area (Å²) in [7, 11) is 0. The van der Waals surface area contributed by atoms with Crippen molar-refractivity contribution >= 4 is 6.29 Å². The topological polar surface area (TPSA) is 35.5 Å². The van der Waals surface area contributed by atoms with Gasteiger partial charge in [-0.15, -0.1) is 0 Å². The van der Waals surface area contributed by atoms with Gasteiger partial charge in [0.1, 0.15) is 6.10 Å². The lowest BCUT2D eigenvalue weighted by atomic mass is 10.0. The van der Waals surface area contributed by atoms with Gasteiger partial charge in [-0.2, -0.15) is 0 Å². The molecule has 0 amide bonds. The van der Waals surface area contributed by atoms with Gasteiger partial charge in [0.2, 0.25) is 0 Å². The predicted molar refractivity (Wildman–Crippen MR) is 122 cm³/mol. The van der Waals surface area contributed by atoms with Gasteiger partial charge < -0.3 is 14.3 Å². The molecule has 29 heavy (non-hydrogen) atoms. The smallest absolute Gasteiger partial charge is 0.151 e. The van der Waals surface area contributed by atoms with E-state index in [1.807, 2.05) is 30.3 Å². The molecule has 0 aliphatic heterocycles. The zero-order valence-electron chi connectivity index (χ0n) is 18.8.